The van der Waals surface area contributed by atoms with Crippen LogP contribution in [-0.4, -0.2) is 29.0 Å². The second-order valence-electron chi connectivity index (χ2n) is 7.19. The summed E-state index contributed by atoms with van der Waals surface area (Å²) in [6, 6.07) is 9.03. The van der Waals surface area contributed by atoms with Gasteiger partial charge < -0.3 is 23.8 Å². The first kappa shape index (κ1) is 16.0. The molecule has 27 heavy (non-hydrogen) atoms. The number of esters is 1. The number of fused-ring (bicyclic) bond motifs is 1. The van der Waals surface area contributed by atoms with Crippen LogP contribution in [0.5, 0.6) is 11.5 Å². The third-order valence-electron chi connectivity index (χ3n) is 4.78. The van der Waals surface area contributed by atoms with Gasteiger partial charge in [0.2, 0.25) is 5.79 Å². The molecule has 3 aliphatic heterocycles. The van der Waals surface area contributed by atoms with E-state index in [9.17, 15) is 4.79 Å². The molecule has 7 nitrogen and oxygen atoms in total. The van der Waals surface area contributed by atoms with Gasteiger partial charge >= 0.3 is 5.97 Å². The average molecular weight is 366 g/mol. The number of anilines is 1. The maximum atomic E-state index is 12.4. The molecule has 0 amide bonds. The Bertz CT molecular complexity index is 986. The van der Waals surface area contributed by atoms with Crippen LogP contribution in [0, 0.1) is 0 Å². The molecule has 5 rings (SSSR count). The van der Waals surface area contributed by atoms with Crippen molar-refractivity contribution in [2.75, 3.05) is 11.4 Å². The summed E-state index contributed by atoms with van der Waals surface area (Å²) in [5.74, 6) is 0.957. The molecule has 0 aliphatic carbocycles. The summed E-state index contributed by atoms with van der Waals surface area (Å²) in [5.41, 5.74) is 0.822. The van der Waals surface area contributed by atoms with Crippen molar-refractivity contribution in [2.24, 2.45) is 0 Å². The van der Waals surface area contributed by atoms with Gasteiger partial charge in [-0.2, -0.15) is 0 Å². The molecule has 3 aliphatic rings. The summed E-state index contributed by atoms with van der Waals surface area (Å²) in [5, 5.41) is 0. The zero-order chi connectivity index (χ0) is 18.8. The molecular formula is C20H18N2O5. The number of ether oxygens (including phenoxy) is 4. The van der Waals surface area contributed by atoms with E-state index in [1.54, 1.807) is 38.2 Å². The Morgan fingerprint density at radius 1 is 1.22 bits per heavy atom. The second-order valence-corrected chi connectivity index (χ2v) is 7.19. The monoisotopic (exact) mass is 366 g/mol. The normalized spacial score (nSPS) is 23.9. The number of epoxide rings is 1. The number of nitrogens with zero attached hydrogens (tertiary/aromatic N) is 2. The van der Waals surface area contributed by atoms with Gasteiger partial charge in [-0.05, 0) is 18.2 Å². The largest absolute Gasteiger partial charge is 0.488 e. The first-order valence-electron chi connectivity index (χ1n) is 8.68. The van der Waals surface area contributed by atoms with E-state index in [0.29, 0.717) is 17.1 Å². The topological polar surface area (TPSA) is 73.2 Å². The summed E-state index contributed by atoms with van der Waals surface area (Å²) in [4.78, 5) is 18.9. The molecule has 2 fully saturated rings. The van der Waals surface area contributed by atoms with Gasteiger partial charge in [0.25, 0.3) is 5.72 Å². The maximum Gasteiger partial charge on any atom is 0.349 e. The summed E-state index contributed by atoms with van der Waals surface area (Å²) in [6.45, 7) is 8.23. The number of hydrogen-bond donors (Lipinski definition) is 0. The Hall–Kier alpha value is -3.22. The number of rotatable bonds is 4. The Labute approximate surface area is 156 Å². The highest BCUT2D eigenvalue weighted by molar-refractivity contribution is 5.96. The van der Waals surface area contributed by atoms with E-state index in [0.717, 1.165) is 23.7 Å². The van der Waals surface area contributed by atoms with E-state index < -0.39 is 11.8 Å². The number of aromatic nitrogens is 1. The first-order chi connectivity index (χ1) is 12.9. The highest BCUT2D eigenvalue weighted by Crippen LogP contribution is 2.56. The van der Waals surface area contributed by atoms with Crippen molar-refractivity contribution in [2.45, 2.75) is 32.0 Å². The Morgan fingerprint density at radius 2 is 2.04 bits per heavy atom. The van der Waals surface area contributed by atoms with Crippen molar-refractivity contribution < 1.29 is 23.7 Å². The third kappa shape index (κ3) is 2.50. The van der Waals surface area contributed by atoms with Crippen LogP contribution in [0.4, 0.5) is 5.82 Å². The number of carbonyl (C=O) groups excluding carboxylic acids is 1. The van der Waals surface area contributed by atoms with Crippen LogP contribution in [0.3, 0.4) is 0 Å². The van der Waals surface area contributed by atoms with Crippen LogP contribution in [0.25, 0.3) is 0 Å². The lowest BCUT2D eigenvalue weighted by Gasteiger charge is -2.32. The van der Waals surface area contributed by atoms with E-state index in [1.165, 1.54) is 0 Å². The fraction of sp³-hybridized carbons (Fsp3) is 0.300. The molecule has 1 atom stereocenters. The highest BCUT2D eigenvalue weighted by atomic mass is 16.7. The third-order valence-corrected chi connectivity index (χ3v) is 4.78. The predicted molar refractivity (Wildman–Crippen MR) is 95.4 cm³/mol. The Balaban J connectivity index is 1.40. The van der Waals surface area contributed by atoms with Crippen molar-refractivity contribution in [3.63, 3.8) is 0 Å². The number of hydrogen-bond acceptors (Lipinski definition) is 7. The molecule has 1 aromatic carbocycles. The number of pyridine rings is 1. The number of cyclic esters (lactones) is 1. The lowest BCUT2D eigenvalue weighted by atomic mass is 10.1. The second kappa shape index (κ2) is 5.16. The molecule has 0 N–H and O–H groups in total. The minimum atomic E-state index is -1.00. The standard InChI is InChI=1S/C20H18N2O5/c1-12-20(25-12)11-22(20)17-13(6-5-9-21-17)10-24-14-7-4-8-15-16(14)18(23)27-19(2,3)26-15/h4-9H,1,10-11H2,2-3H3. The van der Waals surface area contributed by atoms with Crippen LogP contribution < -0.4 is 14.4 Å². The van der Waals surface area contributed by atoms with Crippen molar-refractivity contribution in [3.8, 4) is 11.5 Å². The van der Waals surface area contributed by atoms with Crippen LogP contribution in [0.2, 0.25) is 0 Å². The van der Waals surface area contributed by atoms with Gasteiger partial charge in [0.15, 0.2) is 5.76 Å². The molecule has 138 valence electrons. The lowest BCUT2D eigenvalue weighted by Crippen LogP contribution is -2.39. The molecular weight excluding hydrogens is 348 g/mol. The van der Waals surface area contributed by atoms with Gasteiger partial charge in [0.05, 0.1) is 6.54 Å². The fourth-order valence-corrected chi connectivity index (χ4v) is 3.35. The van der Waals surface area contributed by atoms with E-state index >= 15 is 0 Å². The fourth-order valence-electron chi connectivity index (χ4n) is 3.35. The summed E-state index contributed by atoms with van der Waals surface area (Å²) in [6.07, 6.45) is 1.73. The molecule has 7 heteroatoms. The minimum absolute atomic E-state index is 0.245. The Kier molecular flexibility index (Phi) is 3.05. The maximum absolute atomic E-state index is 12.4. The first-order valence-corrected chi connectivity index (χ1v) is 8.68. The van der Waals surface area contributed by atoms with Crippen LogP contribution in [0.1, 0.15) is 29.8 Å². The van der Waals surface area contributed by atoms with Gasteiger partial charge in [0, 0.05) is 25.6 Å². The molecule has 1 aromatic heterocycles. The predicted octanol–water partition coefficient (Wildman–Crippen LogP) is 3.01. The minimum Gasteiger partial charge on any atom is -0.488 e. The summed E-state index contributed by atoms with van der Waals surface area (Å²) in [7, 11) is 0. The molecule has 4 heterocycles. The SMILES string of the molecule is C=C1OC12CN2c1ncccc1COc1cccc2c1C(=O)OC(C)(C)O2. The van der Waals surface area contributed by atoms with Gasteiger partial charge in [-0.3, -0.25) is 0 Å². The number of carbonyl (C=O) groups is 1. The average Bonchev–Trinajstić information content (AvgIpc) is 3.49. The van der Waals surface area contributed by atoms with Gasteiger partial charge in [0.1, 0.15) is 29.5 Å². The zero-order valence-corrected chi connectivity index (χ0v) is 15.0. The van der Waals surface area contributed by atoms with Crippen molar-refractivity contribution in [3.05, 3.63) is 60.0 Å². The lowest BCUT2D eigenvalue weighted by molar-refractivity contribution is -0.127. The quantitative estimate of drug-likeness (QED) is 0.608. The smallest absolute Gasteiger partial charge is 0.349 e. The van der Waals surface area contributed by atoms with Crippen LogP contribution in [0.15, 0.2) is 48.9 Å². The molecule has 0 saturated carbocycles. The summed E-state index contributed by atoms with van der Waals surface area (Å²) >= 11 is 0. The zero-order valence-electron chi connectivity index (χ0n) is 15.0. The van der Waals surface area contributed by atoms with E-state index in [2.05, 4.69) is 11.6 Å². The molecule has 0 radical (unpaired) electrons. The van der Waals surface area contributed by atoms with Crippen molar-refractivity contribution in [1.29, 1.82) is 0 Å². The van der Waals surface area contributed by atoms with Crippen LogP contribution in [-0.2, 0) is 16.1 Å². The molecule has 2 aromatic rings. The summed E-state index contributed by atoms with van der Waals surface area (Å²) < 4.78 is 22.5. The van der Waals surface area contributed by atoms with E-state index in [4.69, 9.17) is 18.9 Å². The molecule has 2 saturated heterocycles. The van der Waals surface area contributed by atoms with Crippen molar-refractivity contribution in [1.82, 2.24) is 4.98 Å². The van der Waals surface area contributed by atoms with Gasteiger partial charge in [-0.1, -0.05) is 18.7 Å². The van der Waals surface area contributed by atoms with Gasteiger partial charge in [-0.25, -0.2) is 9.78 Å². The molecule has 1 spiro atoms. The Morgan fingerprint density at radius 3 is 2.78 bits per heavy atom. The molecule has 0 bridgehead atoms. The van der Waals surface area contributed by atoms with E-state index in [1.807, 2.05) is 17.0 Å². The van der Waals surface area contributed by atoms with E-state index in [-0.39, 0.29) is 12.3 Å². The highest BCUT2D eigenvalue weighted by Gasteiger charge is 2.71. The number of benzene rings is 1. The van der Waals surface area contributed by atoms with Crippen LogP contribution >= 0.6 is 0 Å². The van der Waals surface area contributed by atoms with Gasteiger partial charge in [-0.15, -0.1) is 0 Å². The van der Waals surface area contributed by atoms with Crippen molar-refractivity contribution >= 4 is 11.8 Å². The molecule has 1 unspecified atom stereocenters.